The van der Waals surface area contributed by atoms with Gasteiger partial charge < -0.3 is 4.90 Å². The van der Waals surface area contributed by atoms with Crippen molar-refractivity contribution in [3.05, 3.63) is 28.8 Å². The van der Waals surface area contributed by atoms with Crippen LogP contribution < -0.4 is 4.90 Å². The largest absolute Gasteiger partial charge is 0.417 e. The summed E-state index contributed by atoms with van der Waals surface area (Å²) in [5, 5.41) is 7.24. The van der Waals surface area contributed by atoms with Crippen LogP contribution in [0.4, 0.5) is 18.9 Å². The van der Waals surface area contributed by atoms with Crippen LogP contribution in [0.3, 0.4) is 0 Å². The van der Waals surface area contributed by atoms with Crippen molar-refractivity contribution < 1.29 is 21.6 Å². The molecule has 1 aromatic carbocycles. The summed E-state index contributed by atoms with van der Waals surface area (Å²) in [5.74, 6) is -0.210. The molecule has 2 atom stereocenters. The van der Waals surface area contributed by atoms with Crippen LogP contribution in [0, 0.1) is 5.41 Å². The average Bonchev–Trinajstić information content (AvgIpc) is 2.79. The van der Waals surface area contributed by atoms with Gasteiger partial charge in [0.25, 0.3) is 0 Å². The van der Waals surface area contributed by atoms with Crippen LogP contribution in [0.5, 0.6) is 0 Å². The van der Waals surface area contributed by atoms with Gasteiger partial charge in [0.05, 0.1) is 28.1 Å². The molecule has 0 aliphatic carbocycles. The minimum Gasteiger partial charge on any atom is -0.316 e. The number of hydrogen-bond donors (Lipinski definition) is 1. The molecule has 0 radical (unpaired) electrons. The van der Waals surface area contributed by atoms with Gasteiger partial charge in [-0.1, -0.05) is 23.4 Å². The average molecular weight is 371 g/mol. The molecule has 120 valence electrons. The Morgan fingerprint density at radius 3 is 2.64 bits per heavy atom. The maximum atomic E-state index is 12.9. The SMILES string of the molecule is N=C1S[C@H]2CS(=O)(=O)C[C@@H]2N1c1ccc(Cl)c(C(F)(F)F)c1. The van der Waals surface area contributed by atoms with E-state index >= 15 is 0 Å². The van der Waals surface area contributed by atoms with Crippen molar-refractivity contribution >= 4 is 44.1 Å². The number of amidine groups is 1. The summed E-state index contributed by atoms with van der Waals surface area (Å²) in [5.41, 5.74) is -0.854. The van der Waals surface area contributed by atoms with Gasteiger partial charge in [-0.25, -0.2) is 8.42 Å². The number of nitrogens with zero attached hydrogens (tertiary/aromatic N) is 1. The molecule has 10 heteroatoms. The summed E-state index contributed by atoms with van der Waals surface area (Å²) in [6.07, 6.45) is -4.61. The molecule has 2 aliphatic heterocycles. The lowest BCUT2D eigenvalue weighted by Gasteiger charge is -2.25. The Kier molecular flexibility index (Phi) is 3.65. The second-order valence-electron chi connectivity index (χ2n) is 5.14. The molecular weight excluding hydrogens is 361 g/mol. The molecular formula is C12H10ClF3N2O2S2. The lowest BCUT2D eigenvalue weighted by Crippen LogP contribution is -2.37. The van der Waals surface area contributed by atoms with E-state index in [0.29, 0.717) is 0 Å². The van der Waals surface area contributed by atoms with Crippen molar-refractivity contribution in [3.8, 4) is 0 Å². The van der Waals surface area contributed by atoms with Gasteiger partial charge in [-0.15, -0.1) is 0 Å². The van der Waals surface area contributed by atoms with Crippen molar-refractivity contribution in [1.82, 2.24) is 0 Å². The monoisotopic (exact) mass is 370 g/mol. The van der Waals surface area contributed by atoms with Gasteiger partial charge in [-0.3, -0.25) is 5.41 Å². The van der Waals surface area contributed by atoms with E-state index in [2.05, 4.69) is 0 Å². The predicted molar refractivity (Wildman–Crippen MR) is 80.5 cm³/mol. The molecule has 0 amide bonds. The fourth-order valence-electron chi connectivity index (χ4n) is 2.69. The summed E-state index contributed by atoms with van der Waals surface area (Å²) in [6.45, 7) is 0. The second kappa shape index (κ2) is 5.04. The zero-order valence-corrected chi connectivity index (χ0v) is 13.3. The van der Waals surface area contributed by atoms with Crippen LogP contribution in [0.15, 0.2) is 18.2 Å². The van der Waals surface area contributed by atoms with E-state index in [1.807, 2.05) is 0 Å². The smallest absolute Gasteiger partial charge is 0.316 e. The molecule has 2 heterocycles. The van der Waals surface area contributed by atoms with Gasteiger partial charge in [0, 0.05) is 10.9 Å². The maximum Gasteiger partial charge on any atom is 0.417 e. The van der Waals surface area contributed by atoms with Crippen molar-refractivity contribution in [2.45, 2.75) is 17.5 Å². The fraction of sp³-hybridized carbons (Fsp3) is 0.417. The topological polar surface area (TPSA) is 61.2 Å². The Morgan fingerprint density at radius 1 is 1.32 bits per heavy atom. The van der Waals surface area contributed by atoms with Gasteiger partial charge >= 0.3 is 6.18 Å². The van der Waals surface area contributed by atoms with Gasteiger partial charge in [-0.05, 0) is 18.2 Å². The van der Waals surface area contributed by atoms with Crippen LogP contribution in [-0.4, -0.2) is 36.4 Å². The highest BCUT2D eigenvalue weighted by Gasteiger charge is 2.49. The van der Waals surface area contributed by atoms with Crippen LogP contribution in [0.1, 0.15) is 5.56 Å². The van der Waals surface area contributed by atoms with Gasteiger partial charge in [0.1, 0.15) is 0 Å². The number of benzene rings is 1. The maximum absolute atomic E-state index is 12.9. The first-order chi connectivity index (χ1) is 10.1. The normalized spacial score (nSPS) is 27.3. The first kappa shape index (κ1) is 15.9. The van der Waals surface area contributed by atoms with Gasteiger partial charge in [-0.2, -0.15) is 13.2 Å². The number of sulfone groups is 1. The predicted octanol–water partition coefficient (Wildman–Crippen LogP) is 3.01. The molecule has 0 bridgehead atoms. The molecule has 2 fully saturated rings. The van der Waals surface area contributed by atoms with Crippen LogP contribution in [-0.2, 0) is 16.0 Å². The molecule has 0 saturated carbocycles. The molecule has 2 aliphatic rings. The Hall–Kier alpha value is -0.930. The second-order valence-corrected chi connectivity index (χ2v) is 8.93. The summed E-state index contributed by atoms with van der Waals surface area (Å²) in [4.78, 5) is 1.35. The zero-order chi connectivity index (χ0) is 16.3. The molecule has 0 unspecified atom stereocenters. The first-order valence-corrected chi connectivity index (χ1v) is 9.28. The van der Waals surface area contributed by atoms with E-state index < -0.39 is 32.6 Å². The highest BCUT2D eigenvalue weighted by molar-refractivity contribution is 8.15. The molecule has 0 spiro atoms. The summed E-state index contributed by atoms with van der Waals surface area (Å²) >= 11 is 6.66. The minimum absolute atomic E-state index is 0.0546. The lowest BCUT2D eigenvalue weighted by molar-refractivity contribution is -0.137. The highest BCUT2D eigenvalue weighted by atomic mass is 35.5. The van der Waals surface area contributed by atoms with Crippen molar-refractivity contribution in [2.24, 2.45) is 0 Å². The van der Waals surface area contributed by atoms with Crippen LogP contribution in [0.2, 0.25) is 5.02 Å². The fourth-order valence-corrected chi connectivity index (χ4v) is 6.71. The third-order valence-corrected chi connectivity index (χ3v) is 7.08. The molecule has 2 saturated heterocycles. The highest BCUT2D eigenvalue weighted by Crippen LogP contribution is 2.43. The van der Waals surface area contributed by atoms with Crippen LogP contribution in [0.25, 0.3) is 0 Å². The van der Waals surface area contributed by atoms with E-state index in [9.17, 15) is 21.6 Å². The third-order valence-electron chi connectivity index (χ3n) is 3.62. The number of nitrogens with one attached hydrogen (secondary N) is 1. The Bertz CT molecular complexity index is 751. The number of alkyl halides is 3. The molecule has 1 aromatic rings. The lowest BCUT2D eigenvalue weighted by atomic mass is 10.1. The van der Waals surface area contributed by atoms with Gasteiger partial charge in [0.2, 0.25) is 0 Å². The van der Waals surface area contributed by atoms with E-state index in [0.717, 1.165) is 23.9 Å². The van der Waals surface area contributed by atoms with Crippen molar-refractivity contribution in [1.29, 1.82) is 5.41 Å². The summed E-state index contributed by atoms with van der Waals surface area (Å²) < 4.78 is 62.2. The quantitative estimate of drug-likeness (QED) is 0.825. The Balaban J connectivity index is 2.02. The number of hydrogen-bond acceptors (Lipinski definition) is 4. The Labute approximate surface area is 134 Å². The molecule has 0 aromatic heterocycles. The number of halogens is 4. The third kappa shape index (κ3) is 2.69. The van der Waals surface area contributed by atoms with E-state index in [4.69, 9.17) is 17.0 Å². The molecule has 1 N–H and O–H groups in total. The molecule has 22 heavy (non-hydrogen) atoms. The van der Waals surface area contributed by atoms with E-state index in [1.165, 1.54) is 11.0 Å². The van der Waals surface area contributed by atoms with Gasteiger partial charge in [0.15, 0.2) is 15.0 Å². The standard InChI is InChI=1S/C12H10ClF3N2O2S2/c13-8-2-1-6(3-7(8)12(14,15)16)18-9-4-22(19,20)5-10(9)21-11(18)17/h1-3,9-10,17H,4-5H2/t9-,10-/m0/s1. The minimum atomic E-state index is -4.61. The number of rotatable bonds is 1. The summed E-state index contributed by atoms with van der Waals surface area (Å²) in [6, 6.07) is 2.85. The number of anilines is 1. The van der Waals surface area contributed by atoms with E-state index in [1.54, 1.807) is 0 Å². The number of thioether (sulfide) groups is 1. The molecule has 4 nitrogen and oxygen atoms in total. The Morgan fingerprint density at radius 2 is 2.00 bits per heavy atom. The first-order valence-electron chi connectivity index (χ1n) is 6.20. The van der Waals surface area contributed by atoms with Crippen molar-refractivity contribution in [3.63, 3.8) is 0 Å². The van der Waals surface area contributed by atoms with Crippen molar-refractivity contribution in [2.75, 3.05) is 16.4 Å². The molecule has 3 rings (SSSR count). The number of fused-ring (bicyclic) bond motifs is 1. The van der Waals surface area contributed by atoms with E-state index in [-0.39, 0.29) is 27.6 Å². The van der Waals surface area contributed by atoms with Crippen LogP contribution >= 0.6 is 23.4 Å². The zero-order valence-electron chi connectivity index (χ0n) is 10.9. The summed E-state index contributed by atoms with van der Waals surface area (Å²) in [7, 11) is -3.22.